The van der Waals surface area contributed by atoms with Gasteiger partial charge in [-0.2, -0.15) is 0 Å². The Bertz CT molecular complexity index is 226. The van der Waals surface area contributed by atoms with Gasteiger partial charge in [-0.25, -0.2) is 4.79 Å². The van der Waals surface area contributed by atoms with Gasteiger partial charge in [-0.3, -0.25) is 0 Å². The van der Waals surface area contributed by atoms with Crippen molar-refractivity contribution in [1.82, 2.24) is 10.2 Å². The lowest BCUT2D eigenvalue weighted by Crippen LogP contribution is -2.50. The second-order valence-corrected chi connectivity index (χ2v) is 4.69. The summed E-state index contributed by atoms with van der Waals surface area (Å²) in [6.07, 6.45) is -0.361. The zero-order valence-electron chi connectivity index (χ0n) is 12.5. The Balaban J connectivity index is 4.52. The molecule has 5 nitrogen and oxygen atoms in total. The van der Waals surface area contributed by atoms with Gasteiger partial charge >= 0.3 is 6.03 Å². The fraction of sp³-hybridized carbons (Fsp3) is 0.923. The summed E-state index contributed by atoms with van der Waals surface area (Å²) in [4.78, 5) is 13.8. The van der Waals surface area contributed by atoms with Crippen molar-refractivity contribution in [1.29, 1.82) is 0 Å². The largest absolute Gasteiger partial charge is 0.351 e. The van der Waals surface area contributed by atoms with E-state index in [1.807, 2.05) is 41.5 Å². The number of nitrogens with one attached hydrogen (secondary N) is 1. The molecule has 0 bridgehead atoms. The van der Waals surface area contributed by atoms with E-state index in [9.17, 15) is 4.79 Å². The molecule has 0 aromatic rings. The van der Waals surface area contributed by atoms with E-state index in [1.165, 1.54) is 0 Å². The van der Waals surface area contributed by atoms with Gasteiger partial charge in [-0.05, 0) is 41.5 Å². The first-order valence-corrected chi connectivity index (χ1v) is 6.72. The molecular weight excluding hydrogens is 232 g/mol. The smallest absolute Gasteiger partial charge is 0.318 e. The van der Waals surface area contributed by atoms with Crippen molar-refractivity contribution < 1.29 is 14.3 Å². The molecule has 0 fully saturated rings. The summed E-state index contributed by atoms with van der Waals surface area (Å²) in [6, 6.07) is 0.146. The lowest BCUT2D eigenvalue weighted by atomic mass is 10.3. The molecule has 0 aliphatic rings. The predicted octanol–water partition coefficient (Wildman–Crippen LogP) is 2.21. The van der Waals surface area contributed by atoms with E-state index in [4.69, 9.17) is 9.47 Å². The van der Waals surface area contributed by atoms with E-state index in [0.717, 1.165) is 0 Å². The number of hydrogen-bond acceptors (Lipinski definition) is 3. The standard InChI is InChI=1S/C13H28N2O3/c1-7-17-12(18-8-2)9-15(11(5)6)13(16)14-10(3)4/h10-12H,7-9H2,1-6H3,(H,14,16). The third-order valence-corrected chi connectivity index (χ3v) is 2.35. The topological polar surface area (TPSA) is 50.8 Å². The number of amides is 2. The Morgan fingerprint density at radius 3 is 1.94 bits per heavy atom. The molecule has 0 rings (SSSR count). The summed E-state index contributed by atoms with van der Waals surface area (Å²) in [5.41, 5.74) is 0. The summed E-state index contributed by atoms with van der Waals surface area (Å²) >= 11 is 0. The third kappa shape index (κ3) is 6.81. The molecule has 0 spiro atoms. The van der Waals surface area contributed by atoms with Gasteiger partial charge in [0.2, 0.25) is 0 Å². The molecule has 0 saturated heterocycles. The minimum atomic E-state index is -0.361. The number of carbonyl (C=O) groups is 1. The zero-order chi connectivity index (χ0) is 14.1. The first-order valence-electron chi connectivity index (χ1n) is 6.72. The van der Waals surface area contributed by atoms with Crippen LogP contribution in [0.5, 0.6) is 0 Å². The van der Waals surface area contributed by atoms with Crippen molar-refractivity contribution in [2.24, 2.45) is 0 Å². The molecule has 0 heterocycles. The van der Waals surface area contributed by atoms with Crippen LogP contribution in [0.4, 0.5) is 4.79 Å². The Labute approximate surface area is 111 Å². The molecular formula is C13H28N2O3. The Morgan fingerprint density at radius 2 is 1.61 bits per heavy atom. The first-order chi connectivity index (χ1) is 8.42. The molecule has 0 atom stereocenters. The molecule has 2 amide bonds. The molecule has 0 aliphatic heterocycles. The van der Waals surface area contributed by atoms with Gasteiger partial charge in [0.05, 0.1) is 6.54 Å². The highest BCUT2D eigenvalue weighted by Crippen LogP contribution is 2.05. The SMILES string of the molecule is CCOC(CN(C(=O)NC(C)C)C(C)C)OCC. The minimum Gasteiger partial charge on any atom is -0.351 e. The van der Waals surface area contributed by atoms with Crippen LogP contribution in [0.15, 0.2) is 0 Å². The highest BCUT2D eigenvalue weighted by Gasteiger charge is 2.22. The minimum absolute atomic E-state index is 0.0793. The average molecular weight is 260 g/mol. The van der Waals surface area contributed by atoms with E-state index in [1.54, 1.807) is 4.90 Å². The molecule has 0 saturated carbocycles. The molecule has 5 heteroatoms. The second-order valence-electron chi connectivity index (χ2n) is 4.69. The molecule has 0 aromatic heterocycles. The maximum Gasteiger partial charge on any atom is 0.318 e. The fourth-order valence-electron chi connectivity index (χ4n) is 1.54. The zero-order valence-corrected chi connectivity index (χ0v) is 12.5. The second kappa shape index (κ2) is 9.16. The normalized spacial score (nSPS) is 11.4. The number of carbonyl (C=O) groups excluding carboxylic acids is 1. The van der Waals surface area contributed by atoms with Gasteiger partial charge in [0.1, 0.15) is 0 Å². The monoisotopic (exact) mass is 260 g/mol. The first kappa shape index (κ1) is 17.2. The molecule has 18 heavy (non-hydrogen) atoms. The van der Waals surface area contributed by atoms with Crippen molar-refractivity contribution in [3.8, 4) is 0 Å². The Kier molecular flexibility index (Phi) is 8.75. The van der Waals surface area contributed by atoms with Crippen LogP contribution in [0, 0.1) is 0 Å². The lowest BCUT2D eigenvalue weighted by Gasteiger charge is -2.31. The van der Waals surface area contributed by atoms with Gasteiger partial charge in [0.15, 0.2) is 6.29 Å². The molecule has 1 N–H and O–H groups in total. The predicted molar refractivity (Wildman–Crippen MR) is 72.5 cm³/mol. The maximum atomic E-state index is 12.0. The van der Waals surface area contributed by atoms with E-state index >= 15 is 0 Å². The van der Waals surface area contributed by atoms with Crippen LogP contribution >= 0.6 is 0 Å². The van der Waals surface area contributed by atoms with Crippen LogP contribution < -0.4 is 5.32 Å². The van der Waals surface area contributed by atoms with E-state index < -0.39 is 0 Å². The Morgan fingerprint density at radius 1 is 1.11 bits per heavy atom. The average Bonchev–Trinajstić information content (AvgIpc) is 2.24. The van der Waals surface area contributed by atoms with Gasteiger partial charge in [0, 0.05) is 25.3 Å². The van der Waals surface area contributed by atoms with Gasteiger partial charge in [0.25, 0.3) is 0 Å². The lowest BCUT2D eigenvalue weighted by molar-refractivity contribution is -0.144. The van der Waals surface area contributed by atoms with Gasteiger partial charge in [-0.1, -0.05) is 0 Å². The summed E-state index contributed by atoms with van der Waals surface area (Å²) in [5.74, 6) is 0. The number of rotatable bonds is 8. The van der Waals surface area contributed by atoms with Gasteiger partial charge in [-0.15, -0.1) is 0 Å². The number of urea groups is 1. The van der Waals surface area contributed by atoms with Crippen molar-refractivity contribution in [2.45, 2.75) is 59.9 Å². The summed E-state index contributed by atoms with van der Waals surface area (Å²) < 4.78 is 10.9. The molecule has 0 radical (unpaired) electrons. The maximum absolute atomic E-state index is 12.0. The van der Waals surface area contributed by atoms with Crippen LogP contribution in [0.25, 0.3) is 0 Å². The van der Waals surface area contributed by atoms with E-state index in [0.29, 0.717) is 19.8 Å². The molecule has 0 aliphatic carbocycles. The number of nitrogens with zero attached hydrogens (tertiary/aromatic N) is 1. The van der Waals surface area contributed by atoms with E-state index in [2.05, 4.69) is 5.32 Å². The molecule has 108 valence electrons. The van der Waals surface area contributed by atoms with Crippen LogP contribution in [0.1, 0.15) is 41.5 Å². The third-order valence-electron chi connectivity index (χ3n) is 2.35. The van der Waals surface area contributed by atoms with Crippen LogP contribution in [-0.4, -0.2) is 49.1 Å². The summed E-state index contributed by atoms with van der Waals surface area (Å²) in [6.45, 7) is 13.3. The summed E-state index contributed by atoms with van der Waals surface area (Å²) in [7, 11) is 0. The van der Waals surface area contributed by atoms with Crippen LogP contribution in [0.3, 0.4) is 0 Å². The molecule has 0 unspecified atom stereocenters. The highest BCUT2D eigenvalue weighted by molar-refractivity contribution is 5.74. The fourth-order valence-corrected chi connectivity index (χ4v) is 1.54. The van der Waals surface area contributed by atoms with Crippen LogP contribution in [0.2, 0.25) is 0 Å². The highest BCUT2D eigenvalue weighted by atomic mass is 16.7. The van der Waals surface area contributed by atoms with Gasteiger partial charge < -0.3 is 19.7 Å². The summed E-state index contributed by atoms with van der Waals surface area (Å²) in [5, 5.41) is 2.89. The van der Waals surface area contributed by atoms with Crippen molar-refractivity contribution in [2.75, 3.05) is 19.8 Å². The number of ether oxygens (including phenoxy) is 2. The number of hydrogen-bond donors (Lipinski definition) is 1. The van der Waals surface area contributed by atoms with Crippen molar-refractivity contribution in [3.63, 3.8) is 0 Å². The quantitative estimate of drug-likeness (QED) is 0.681. The molecule has 0 aromatic carbocycles. The van der Waals surface area contributed by atoms with Crippen molar-refractivity contribution >= 4 is 6.03 Å². The van der Waals surface area contributed by atoms with Crippen LogP contribution in [-0.2, 0) is 9.47 Å². The van der Waals surface area contributed by atoms with Crippen molar-refractivity contribution in [3.05, 3.63) is 0 Å². The Hall–Kier alpha value is -0.810. The van der Waals surface area contributed by atoms with E-state index in [-0.39, 0.29) is 24.4 Å².